The van der Waals surface area contributed by atoms with Crippen molar-refractivity contribution >= 4 is 78.0 Å². The van der Waals surface area contributed by atoms with Crippen molar-refractivity contribution in [3.63, 3.8) is 0 Å². The molecule has 398 valence electrons. The van der Waals surface area contributed by atoms with Crippen LogP contribution < -0.4 is 25.5 Å². The van der Waals surface area contributed by atoms with Gasteiger partial charge in [-0.05, 0) is 193 Å². The molecular weight excluding hydrogens is 984 g/mol. The molecular formula is C76H75BN2S. The Hall–Kier alpha value is -7.40. The molecule has 3 heterocycles. The fourth-order valence-corrected chi connectivity index (χ4v) is 15.5. The highest BCUT2D eigenvalue weighted by atomic mass is 32.1. The maximum absolute atomic E-state index is 2.71. The molecule has 0 amide bonds. The summed E-state index contributed by atoms with van der Waals surface area (Å²) in [6.07, 6.45) is 2.32. The summed E-state index contributed by atoms with van der Waals surface area (Å²) in [6.45, 7) is 31.0. The maximum Gasteiger partial charge on any atom is 0.264 e. The molecule has 0 bridgehead atoms. The lowest BCUT2D eigenvalue weighted by molar-refractivity contribution is 0.332. The molecule has 9 aromatic carbocycles. The lowest BCUT2D eigenvalue weighted by Gasteiger charge is -2.47. The number of anilines is 6. The quantitative estimate of drug-likeness (QED) is 0.116. The molecule has 0 fully saturated rings. The smallest absolute Gasteiger partial charge is 0.264 e. The topological polar surface area (TPSA) is 6.48 Å². The van der Waals surface area contributed by atoms with Gasteiger partial charge in [0.1, 0.15) is 0 Å². The summed E-state index contributed by atoms with van der Waals surface area (Å²) >= 11 is 2.01. The first-order valence-electron chi connectivity index (χ1n) is 29.1. The van der Waals surface area contributed by atoms with Gasteiger partial charge in [0.05, 0.1) is 16.8 Å². The van der Waals surface area contributed by atoms with Crippen LogP contribution in [0.3, 0.4) is 0 Å². The molecule has 10 aromatic rings. The van der Waals surface area contributed by atoms with E-state index < -0.39 is 5.41 Å². The minimum absolute atomic E-state index is 0.00163. The summed E-state index contributed by atoms with van der Waals surface area (Å²) in [5.41, 5.74) is 27.0. The molecule has 80 heavy (non-hydrogen) atoms. The average molecular weight is 1060 g/mol. The van der Waals surface area contributed by atoms with Gasteiger partial charge in [0, 0.05) is 37.6 Å². The van der Waals surface area contributed by atoms with E-state index >= 15 is 0 Å². The second kappa shape index (κ2) is 18.6. The molecule has 4 heteroatoms. The van der Waals surface area contributed by atoms with Crippen LogP contribution in [0.25, 0.3) is 21.2 Å². The van der Waals surface area contributed by atoms with E-state index in [1.165, 1.54) is 132 Å². The number of benzene rings is 9. The normalized spacial score (nSPS) is 15.3. The molecule has 1 aromatic heterocycles. The first kappa shape index (κ1) is 52.0. The third-order valence-electron chi connectivity index (χ3n) is 18.6. The average Bonchev–Trinajstić information content (AvgIpc) is 3.56. The third-order valence-corrected chi connectivity index (χ3v) is 19.8. The number of nitrogens with zero attached hydrogens (tertiary/aromatic N) is 2. The Bertz CT molecular complexity index is 3920. The zero-order valence-corrected chi connectivity index (χ0v) is 50.1. The van der Waals surface area contributed by atoms with Gasteiger partial charge in [-0.15, -0.1) is 11.3 Å². The van der Waals surface area contributed by atoms with Crippen LogP contribution in [0.1, 0.15) is 143 Å². The summed E-state index contributed by atoms with van der Waals surface area (Å²) < 4.78 is 2.77. The number of fused-ring (bicyclic) bond motifs is 7. The van der Waals surface area contributed by atoms with Crippen molar-refractivity contribution in [3.05, 3.63) is 255 Å². The van der Waals surface area contributed by atoms with Crippen molar-refractivity contribution in [2.45, 2.75) is 130 Å². The van der Waals surface area contributed by atoms with Crippen LogP contribution in [-0.4, -0.2) is 6.71 Å². The predicted octanol–water partition coefficient (Wildman–Crippen LogP) is 18.9. The minimum atomic E-state index is -0.509. The highest BCUT2D eigenvalue weighted by Crippen LogP contribution is 2.54. The molecule has 13 rings (SSSR count). The van der Waals surface area contributed by atoms with Crippen LogP contribution >= 0.6 is 11.3 Å². The molecule has 0 saturated carbocycles. The number of thiophene rings is 1. The first-order chi connectivity index (χ1) is 38.1. The molecule has 0 unspecified atom stereocenters. The van der Waals surface area contributed by atoms with Crippen LogP contribution in [0.2, 0.25) is 0 Å². The highest BCUT2D eigenvalue weighted by Gasteiger charge is 2.48. The number of hydrogen-bond acceptors (Lipinski definition) is 3. The lowest BCUT2D eigenvalue weighted by Crippen LogP contribution is -2.61. The van der Waals surface area contributed by atoms with E-state index in [4.69, 9.17) is 0 Å². The van der Waals surface area contributed by atoms with Crippen molar-refractivity contribution in [3.8, 4) is 11.1 Å². The van der Waals surface area contributed by atoms with Crippen molar-refractivity contribution in [2.24, 2.45) is 0 Å². The van der Waals surface area contributed by atoms with Crippen molar-refractivity contribution in [1.29, 1.82) is 0 Å². The van der Waals surface area contributed by atoms with Gasteiger partial charge < -0.3 is 9.80 Å². The van der Waals surface area contributed by atoms with Gasteiger partial charge in [-0.1, -0.05) is 209 Å². The summed E-state index contributed by atoms with van der Waals surface area (Å²) in [5, 5.41) is 1.34. The van der Waals surface area contributed by atoms with Crippen LogP contribution in [0.15, 0.2) is 194 Å². The summed E-state index contributed by atoms with van der Waals surface area (Å²) in [6, 6.07) is 74.7. The standard InChI is InChI=1S/C76H75BN2S/c1-48-41-65-68-66(42-48)79(69-49(2)43-52(44-50(69)3)51-29-31-57(32-30-51)76(54-23-17-14-18-24-54,55-25-19-15-20-26-55)56-27-21-16-22-28-56)64-47-62-61(74(10,11)39-40-75(62,12)13)46-63(64)77(68)71-70(60-45-58(73(7,8)9)35-38-67(60)80-71)78(65)59-36-33-53(34-37-59)72(4,5)6/h14-38,41-47H,39-40H2,1-13H3. The second-order valence-corrected chi connectivity index (χ2v) is 28.1. The monoisotopic (exact) mass is 1060 g/mol. The number of hydrogen-bond donors (Lipinski definition) is 0. The zero-order valence-electron chi connectivity index (χ0n) is 49.3. The van der Waals surface area contributed by atoms with Gasteiger partial charge in [0.25, 0.3) is 6.71 Å². The first-order valence-corrected chi connectivity index (χ1v) is 30.0. The molecule has 0 N–H and O–H groups in total. The van der Waals surface area contributed by atoms with E-state index in [0.29, 0.717) is 0 Å². The van der Waals surface area contributed by atoms with Crippen molar-refractivity contribution < 1.29 is 0 Å². The molecule has 0 spiro atoms. The highest BCUT2D eigenvalue weighted by molar-refractivity contribution is 7.33. The molecule has 3 aliphatic rings. The van der Waals surface area contributed by atoms with Gasteiger partial charge in [-0.2, -0.15) is 0 Å². The Morgan fingerprint density at radius 2 is 0.912 bits per heavy atom. The molecule has 0 saturated heterocycles. The third kappa shape index (κ3) is 8.17. The minimum Gasteiger partial charge on any atom is -0.311 e. The van der Waals surface area contributed by atoms with Gasteiger partial charge in [0.2, 0.25) is 0 Å². The van der Waals surface area contributed by atoms with E-state index in [9.17, 15) is 0 Å². The van der Waals surface area contributed by atoms with E-state index in [-0.39, 0.29) is 28.4 Å². The fraction of sp³-hybridized carbons (Fsp3) is 0.263. The van der Waals surface area contributed by atoms with Crippen LogP contribution in [0, 0.1) is 20.8 Å². The Kier molecular flexibility index (Phi) is 12.1. The summed E-state index contributed by atoms with van der Waals surface area (Å²) in [7, 11) is 0. The van der Waals surface area contributed by atoms with Crippen LogP contribution in [0.5, 0.6) is 0 Å². The van der Waals surface area contributed by atoms with Gasteiger partial charge in [-0.25, -0.2) is 0 Å². The molecule has 2 nitrogen and oxygen atoms in total. The van der Waals surface area contributed by atoms with Gasteiger partial charge in [-0.3, -0.25) is 0 Å². The predicted molar refractivity (Wildman–Crippen MR) is 346 cm³/mol. The largest absolute Gasteiger partial charge is 0.311 e. The zero-order chi connectivity index (χ0) is 55.8. The van der Waals surface area contributed by atoms with E-state index in [1.807, 2.05) is 11.3 Å². The molecule has 2 aliphatic heterocycles. The molecule has 1 aliphatic carbocycles. The summed E-state index contributed by atoms with van der Waals surface area (Å²) in [4.78, 5) is 5.36. The maximum atomic E-state index is 2.71. The van der Waals surface area contributed by atoms with E-state index in [0.717, 1.165) is 12.8 Å². The number of rotatable bonds is 7. The lowest BCUT2D eigenvalue weighted by atomic mass is 9.35. The van der Waals surface area contributed by atoms with Gasteiger partial charge >= 0.3 is 0 Å². The summed E-state index contributed by atoms with van der Waals surface area (Å²) in [5.74, 6) is 0. The second-order valence-electron chi connectivity index (χ2n) is 27.0. The molecule has 0 atom stereocenters. The van der Waals surface area contributed by atoms with Crippen LogP contribution in [-0.2, 0) is 27.1 Å². The van der Waals surface area contributed by atoms with Crippen LogP contribution in [0.4, 0.5) is 34.1 Å². The van der Waals surface area contributed by atoms with Crippen molar-refractivity contribution in [2.75, 3.05) is 9.80 Å². The SMILES string of the molecule is Cc1cc2c3c(c1)N(c1ccc(C(C)(C)C)cc1)c1c(sc4ccc(C(C)(C)C)cc14)B3c1cc3c(cc1N2c1c(C)cc(-c2ccc(C(c4ccccc4)(c4ccccc4)c4ccccc4)cc2)cc1C)C(C)(C)CCC3(C)C. The molecule has 0 radical (unpaired) electrons. The number of aryl methyl sites for hydroxylation is 3. The Morgan fingerprint density at radius 3 is 1.44 bits per heavy atom. The Morgan fingerprint density at radius 1 is 0.438 bits per heavy atom. The van der Waals surface area contributed by atoms with E-state index in [1.54, 1.807) is 0 Å². The Balaban J connectivity index is 1.03. The van der Waals surface area contributed by atoms with E-state index in [2.05, 4.69) is 294 Å². The van der Waals surface area contributed by atoms with Crippen molar-refractivity contribution in [1.82, 2.24) is 0 Å². The Labute approximate surface area is 481 Å². The fourth-order valence-electron chi connectivity index (χ4n) is 14.2. The van der Waals surface area contributed by atoms with Gasteiger partial charge in [0.15, 0.2) is 0 Å².